The van der Waals surface area contributed by atoms with Crippen LogP contribution in [0.4, 0.5) is 10.5 Å². The SMILES string of the molecule is C=Cc1ccc(NC(=O)OCC(C)(COC)COC(=O)C(C)OCc2ccccc2)cc1. The quantitative estimate of drug-likeness (QED) is 0.482. The molecule has 2 atom stereocenters. The number of esters is 1. The minimum Gasteiger partial charge on any atom is -0.463 e. The van der Waals surface area contributed by atoms with E-state index in [0.29, 0.717) is 12.3 Å². The first-order valence-corrected chi connectivity index (χ1v) is 10.3. The van der Waals surface area contributed by atoms with Gasteiger partial charge in [-0.1, -0.05) is 62.0 Å². The van der Waals surface area contributed by atoms with Crippen molar-refractivity contribution < 1.29 is 28.5 Å². The summed E-state index contributed by atoms with van der Waals surface area (Å²) >= 11 is 0. The minimum absolute atomic E-state index is 0.00392. The lowest BCUT2D eigenvalue weighted by atomic mass is 9.94. The van der Waals surface area contributed by atoms with Crippen molar-refractivity contribution in [1.82, 2.24) is 0 Å². The summed E-state index contributed by atoms with van der Waals surface area (Å²) in [7, 11) is 1.53. The van der Waals surface area contributed by atoms with Crippen molar-refractivity contribution in [3.8, 4) is 0 Å². The van der Waals surface area contributed by atoms with Gasteiger partial charge in [0.1, 0.15) is 13.2 Å². The van der Waals surface area contributed by atoms with Gasteiger partial charge in [0.15, 0.2) is 6.10 Å². The number of hydrogen-bond donors (Lipinski definition) is 1. The molecule has 1 N–H and O–H groups in total. The van der Waals surface area contributed by atoms with E-state index in [2.05, 4.69) is 11.9 Å². The van der Waals surface area contributed by atoms with Crippen LogP contribution < -0.4 is 5.32 Å². The average Bonchev–Trinajstić information content (AvgIpc) is 2.81. The highest BCUT2D eigenvalue weighted by molar-refractivity contribution is 5.84. The number of nitrogens with one attached hydrogen (secondary N) is 1. The predicted octanol–water partition coefficient (Wildman–Crippen LogP) is 4.68. The molecule has 0 aliphatic heterocycles. The average molecular weight is 442 g/mol. The highest BCUT2D eigenvalue weighted by Crippen LogP contribution is 2.20. The van der Waals surface area contributed by atoms with Gasteiger partial charge in [0, 0.05) is 12.8 Å². The Kier molecular flexibility index (Phi) is 9.91. The molecule has 0 radical (unpaired) electrons. The molecule has 0 bridgehead atoms. The minimum atomic E-state index is -0.732. The second-order valence-electron chi connectivity index (χ2n) is 7.82. The molecule has 32 heavy (non-hydrogen) atoms. The zero-order valence-electron chi connectivity index (χ0n) is 18.8. The number of amides is 1. The van der Waals surface area contributed by atoms with Crippen molar-refractivity contribution in [2.24, 2.45) is 5.41 Å². The molecule has 0 spiro atoms. The van der Waals surface area contributed by atoms with Gasteiger partial charge in [0.2, 0.25) is 0 Å². The van der Waals surface area contributed by atoms with Crippen molar-refractivity contribution in [2.75, 3.05) is 32.2 Å². The maximum Gasteiger partial charge on any atom is 0.411 e. The molecule has 1 amide bonds. The number of benzene rings is 2. The molecule has 0 aliphatic rings. The third-order valence-electron chi connectivity index (χ3n) is 4.67. The van der Waals surface area contributed by atoms with Gasteiger partial charge in [-0.3, -0.25) is 5.32 Å². The summed E-state index contributed by atoms with van der Waals surface area (Å²) in [5, 5.41) is 2.66. The first-order valence-electron chi connectivity index (χ1n) is 10.3. The van der Waals surface area contributed by atoms with E-state index >= 15 is 0 Å². The first-order chi connectivity index (χ1) is 15.3. The smallest absolute Gasteiger partial charge is 0.411 e. The van der Waals surface area contributed by atoms with E-state index in [-0.39, 0.29) is 19.8 Å². The monoisotopic (exact) mass is 441 g/mol. The Morgan fingerprint density at radius 3 is 2.31 bits per heavy atom. The van der Waals surface area contributed by atoms with Crippen LogP contribution in [0.15, 0.2) is 61.2 Å². The van der Waals surface area contributed by atoms with Crippen molar-refractivity contribution >= 4 is 23.8 Å². The lowest BCUT2D eigenvalue weighted by Crippen LogP contribution is -2.37. The molecule has 7 heteroatoms. The van der Waals surface area contributed by atoms with E-state index in [1.807, 2.05) is 49.4 Å². The highest BCUT2D eigenvalue weighted by Gasteiger charge is 2.30. The Labute approximate surface area is 189 Å². The summed E-state index contributed by atoms with van der Waals surface area (Å²) < 4.78 is 21.6. The van der Waals surface area contributed by atoms with Crippen molar-refractivity contribution in [2.45, 2.75) is 26.6 Å². The fourth-order valence-electron chi connectivity index (χ4n) is 2.80. The molecule has 0 heterocycles. The van der Waals surface area contributed by atoms with Gasteiger partial charge in [0.25, 0.3) is 0 Å². The molecule has 0 fully saturated rings. The number of rotatable bonds is 12. The summed E-state index contributed by atoms with van der Waals surface area (Å²) in [5.74, 6) is -0.491. The molecule has 2 aromatic rings. The highest BCUT2D eigenvalue weighted by atomic mass is 16.6. The lowest BCUT2D eigenvalue weighted by molar-refractivity contribution is -0.162. The van der Waals surface area contributed by atoms with Gasteiger partial charge in [-0.25, -0.2) is 9.59 Å². The van der Waals surface area contributed by atoms with Gasteiger partial charge in [-0.2, -0.15) is 0 Å². The Bertz CT molecular complexity index is 868. The fraction of sp³-hybridized carbons (Fsp3) is 0.360. The molecule has 172 valence electrons. The van der Waals surface area contributed by atoms with Crippen LogP contribution in [0.1, 0.15) is 25.0 Å². The normalized spacial score (nSPS) is 13.5. The molecule has 2 rings (SSSR count). The summed E-state index contributed by atoms with van der Waals surface area (Å²) in [6.07, 6.45) is 0.377. The van der Waals surface area contributed by atoms with E-state index in [1.165, 1.54) is 7.11 Å². The third kappa shape index (κ3) is 8.53. The molecule has 2 unspecified atom stereocenters. The Morgan fingerprint density at radius 1 is 1.03 bits per heavy atom. The second-order valence-corrected chi connectivity index (χ2v) is 7.82. The van der Waals surface area contributed by atoms with Gasteiger partial charge >= 0.3 is 12.1 Å². The standard InChI is InChI=1S/C25H31NO6/c1-5-20-11-13-22(14-12-20)26-24(28)32-18-25(3,16-29-4)17-31-23(27)19(2)30-15-21-9-7-6-8-10-21/h5-14,19H,1,15-18H2,2-4H3,(H,26,28). The van der Waals surface area contributed by atoms with Gasteiger partial charge in [-0.15, -0.1) is 0 Å². The van der Waals surface area contributed by atoms with Crippen LogP contribution >= 0.6 is 0 Å². The predicted molar refractivity (Wildman–Crippen MR) is 123 cm³/mol. The molecule has 0 saturated carbocycles. The number of carbonyl (C=O) groups excluding carboxylic acids is 2. The zero-order chi connectivity index (χ0) is 23.4. The van der Waals surface area contributed by atoms with Crippen LogP contribution in [0.2, 0.25) is 0 Å². The Hall–Kier alpha value is -3.16. The van der Waals surface area contributed by atoms with E-state index in [4.69, 9.17) is 18.9 Å². The molecule has 2 aromatic carbocycles. The number of methoxy groups -OCH3 is 1. The van der Waals surface area contributed by atoms with E-state index in [9.17, 15) is 9.59 Å². The second kappa shape index (κ2) is 12.6. The molecular formula is C25H31NO6. The molecule has 0 saturated heterocycles. The summed E-state index contributed by atoms with van der Waals surface area (Å²) in [5.41, 5.74) is 1.80. The van der Waals surface area contributed by atoms with Crippen LogP contribution in [0.5, 0.6) is 0 Å². The topological polar surface area (TPSA) is 83.1 Å². The van der Waals surface area contributed by atoms with Crippen molar-refractivity contribution in [3.63, 3.8) is 0 Å². The Balaban J connectivity index is 1.80. The number of anilines is 1. The zero-order valence-corrected chi connectivity index (χ0v) is 18.8. The lowest BCUT2D eigenvalue weighted by Gasteiger charge is -2.28. The third-order valence-corrected chi connectivity index (χ3v) is 4.67. The van der Waals surface area contributed by atoms with Crippen LogP contribution in [0.25, 0.3) is 6.08 Å². The number of carbonyl (C=O) groups is 2. The Morgan fingerprint density at radius 2 is 1.69 bits per heavy atom. The summed E-state index contributed by atoms with van der Waals surface area (Å²) in [4.78, 5) is 24.5. The van der Waals surface area contributed by atoms with Crippen LogP contribution in [-0.2, 0) is 30.3 Å². The van der Waals surface area contributed by atoms with E-state index in [0.717, 1.165) is 11.1 Å². The summed E-state index contributed by atoms with van der Waals surface area (Å²) in [6, 6.07) is 16.7. The van der Waals surface area contributed by atoms with E-state index < -0.39 is 23.6 Å². The summed E-state index contributed by atoms with van der Waals surface area (Å²) in [6.45, 7) is 7.71. The fourth-order valence-corrected chi connectivity index (χ4v) is 2.80. The van der Waals surface area contributed by atoms with Crippen LogP contribution in [0, 0.1) is 5.41 Å². The molecule has 7 nitrogen and oxygen atoms in total. The molecular weight excluding hydrogens is 410 g/mol. The van der Waals surface area contributed by atoms with Gasteiger partial charge in [0.05, 0.1) is 18.6 Å². The molecule has 0 aliphatic carbocycles. The number of hydrogen-bond acceptors (Lipinski definition) is 6. The van der Waals surface area contributed by atoms with Crippen molar-refractivity contribution in [1.29, 1.82) is 0 Å². The molecule has 0 aromatic heterocycles. The van der Waals surface area contributed by atoms with Gasteiger partial charge in [-0.05, 0) is 30.2 Å². The first kappa shape index (κ1) is 25.1. The largest absolute Gasteiger partial charge is 0.463 e. The van der Waals surface area contributed by atoms with Gasteiger partial charge < -0.3 is 18.9 Å². The van der Waals surface area contributed by atoms with Crippen molar-refractivity contribution in [3.05, 3.63) is 72.3 Å². The van der Waals surface area contributed by atoms with Crippen LogP contribution in [0.3, 0.4) is 0 Å². The van der Waals surface area contributed by atoms with Crippen LogP contribution in [-0.4, -0.2) is 45.1 Å². The number of ether oxygens (including phenoxy) is 4. The maximum atomic E-state index is 12.3. The van der Waals surface area contributed by atoms with E-state index in [1.54, 1.807) is 25.1 Å². The maximum absolute atomic E-state index is 12.3.